The number of furan rings is 1. The van der Waals surface area contributed by atoms with E-state index in [0.29, 0.717) is 0 Å². The number of carbonyl (C=O) groups is 1. The fourth-order valence-corrected chi connectivity index (χ4v) is 2.10. The lowest BCUT2D eigenvalue weighted by molar-refractivity contribution is -0.274. The van der Waals surface area contributed by atoms with Crippen molar-refractivity contribution in [1.29, 1.82) is 0 Å². The van der Waals surface area contributed by atoms with Crippen LogP contribution in [0.3, 0.4) is 0 Å². The summed E-state index contributed by atoms with van der Waals surface area (Å²) in [5, 5.41) is 2.39. The number of anilines is 1. The Kier molecular flexibility index (Phi) is 4.48. The lowest BCUT2D eigenvalue weighted by Crippen LogP contribution is -2.17. The minimum atomic E-state index is -4.79. The van der Waals surface area contributed by atoms with Crippen LogP contribution in [0.25, 0.3) is 0 Å². The van der Waals surface area contributed by atoms with Gasteiger partial charge in [0.05, 0.1) is 16.3 Å². The molecule has 9 heteroatoms. The molecular weight excluding hydrogens is 378 g/mol. The maximum atomic E-state index is 12.1. The second-order valence-corrected chi connectivity index (χ2v) is 4.95. The first-order valence-electron chi connectivity index (χ1n) is 5.36. The fourth-order valence-electron chi connectivity index (χ4n) is 1.44. The average Bonchev–Trinajstić information content (AvgIpc) is 2.77. The largest absolute Gasteiger partial charge is 0.573 e. The van der Waals surface area contributed by atoms with Crippen LogP contribution in [0.1, 0.15) is 10.4 Å². The van der Waals surface area contributed by atoms with Crippen molar-refractivity contribution in [3.05, 3.63) is 45.8 Å². The molecule has 0 saturated heterocycles. The third-order valence-electron chi connectivity index (χ3n) is 2.28. The Labute approximate surface area is 130 Å². The molecule has 0 unspecified atom stereocenters. The highest BCUT2D eigenvalue weighted by Crippen LogP contribution is 2.32. The van der Waals surface area contributed by atoms with Gasteiger partial charge in [0.2, 0.25) is 5.22 Å². The Morgan fingerprint density at radius 1 is 1.33 bits per heavy atom. The summed E-state index contributed by atoms with van der Waals surface area (Å²) in [6.07, 6.45) is -3.55. The molecule has 0 spiro atoms. The number of hydrogen-bond donors (Lipinski definition) is 1. The molecule has 0 aliphatic heterocycles. The van der Waals surface area contributed by atoms with Gasteiger partial charge in [-0.25, -0.2) is 0 Å². The monoisotopic (exact) mass is 383 g/mol. The highest BCUT2D eigenvalue weighted by Gasteiger charge is 2.32. The van der Waals surface area contributed by atoms with Crippen molar-refractivity contribution in [2.75, 3.05) is 5.32 Å². The van der Waals surface area contributed by atoms with Gasteiger partial charge in [-0.15, -0.1) is 13.2 Å². The Morgan fingerprint density at radius 3 is 2.57 bits per heavy atom. The highest BCUT2D eigenvalue weighted by atomic mass is 79.9. The number of halogens is 5. The molecule has 0 bridgehead atoms. The zero-order chi connectivity index (χ0) is 15.6. The first kappa shape index (κ1) is 15.7. The number of hydrogen-bond acceptors (Lipinski definition) is 3. The Bertz CT molecular complexity index is 672. The van der Waals surface area contributed by atoms with E-state index in [9.17, 15) is 18.0 Å². The predicted octanol–water partition coefficient (Wildman–Crippen LogP) is 4.85. The van der Waals surface area contributed by atoms with E-state index in [1.807, 2.05) is 0 Å². The molecular formula is C12H6BrClF3NO3. The van der Waals surface area contributed by atoms with Gasteiger partial charge in [-0.3, -0.25) is 4.79 Å². The van der Waals surface area contributed by atoms with E-state index in [1.54, 1.807) is 0 Å². The summed E-state index contributed by atoms with van der Waals surface area (Å²) in [6.45, 7) is 0. The number of ether oxygens (including phenoxy) is 1. The van der Waals surface area contributed by atoms with E-state index in [-0.39, 0.29) is 20.9 Å². The molecule has 2 rings (SSSR count). The Balaban J connectivity index is 2.14. The molecule has 0 aliphatic rings. The number of alkyl halides is 3. The number of benzene rings is 1. The zero-order valence-electron chi connectivity index (χ0n) is 10.0. The van der Waals surface area contributed by atoms with E-state index in [1.165, 1.54) is 24.5 Å². The minimum Gasteiger partial charge on any atom is -0.452 e. The molecule has 0 radical (unpaired) electrons. The molecule has 1 amide bonds. The van der Waals surface area contributed by atoms with Crippen LogP contribution in [0.15, 0.2) is 39.4 Å². The average molecular weight is 385 g/mol. The normalized spacial score (nSPS) is 11.3. The van der Waals surface area contributed by atoms with Gasteiger partial charge < -0.3 is 14.5 Å². The van der Waals surface area contributed by atoms with Crippen molar-refractivity contribution >= 4 is 39.1 Å². The third kappa shape index (κ3) is 4.15. The van der Waals surface area contributed by atoms with E-state index < -0.39 is 18.0 Å². The van der Waals surface area contributed by atoms with E-state index in [2.05, 4.69) is 26.0 Å². The predicted molar refractivity (Wildman–Crippen MR) is 72.5 cm³/mol. The molecule has 1 N–H and O–H groups in total. The van der Waals surface area contributed by atoms with Crippen LogP contribution >= 0.6 is 27.5 Å². The number of nitrogens with one attached hydrogen (secondary N) is 1. The minimum absolute atomic E-state index is 0.0379. The smallest absolute Gasteiger partial charge is 0.452 e. The quantitative estimate of drug-likeness (QED) is 0.823. The number of rotatable bonds is 3. The van der Waals surface area contributed by atoms with Crippen LogP contribution in [-0.2, 0) is 0 Å². The van der Waals surface area contributed by atoms with Crippen molar-refractivity contribution in [1.82, 2.24) is 0 Å². The van der Waals surface area contributed by atoms with E-state index in [4.69, 9.17) is 16.0 Å². The second-order valence-electron chi connectivity index (χ2n) is 3.76. The summed E-state index contributed by atoms with van der Waals surface area (Å²) in [5.41, 5.74) is 0.377. The third-order valence-corrected chi connectivity index (χ3v) is 3.19. The van der Waals surface area contributed by atoms with Crippen LogP contribution in [-0.4, -0.2) is 12.3 Å². The molecule has 2 aromatic rings. The van der Waals surface area contributed by atoms with Crippen LogP contribution in [0.2, 0.25) is 5.22 Å². The molecule has 1 aromatic heterocycles. The van der Waals surface area contributed by atoms with Gasteiger partial charge in [0.25, 0.3) is 5.91 Å². The standard InChI is InChI=1S/C12H6BrClF3NO3/c13-8-5-6(1-2-9(8)21-12(15,16)17)18-11(19)7-3-4-20-10(7)14/h1-5H,(H,18,19). The first-order valence-corrected chi connectivity index (χ1v) is 6.53. The summed E-state index contributed by atoms with van der Waals surface area (Å²) >= 11 is 8.58. The van der Waals surface area contributed by atoms with Gasteiger partial charge in [-0.1, -0.05) is 0 Å². The highest BCUT2D eigenvalue weighted by molar-refractivity contribution is 9.10. The fraction of sp³-hybridized carbons (Fsp3) is 0.0833. The molecule has 112 valence electrons. The lowest BCUT2D eigenvalue weighted by Gasteiger charge is -2.12. The SMILES string of the molecule is O=C(Nc1ccc(OC(F)(F)F)c(Br)c1)c1ccoc1Cl. The topological polar surface area (TPSA) is 51.5 Å². The molecule has 0 aliphatic carbocycles. The molecule has 0 atom stereocenters. The van der Waals surface area contributed by atoms with E-state index >= 15 is 0 Å². The summed E-state index contributed by atoms with van der Waals surface area (Å²) in [7, 11) is 0. The van der Waals surface area contributed by atoms with Crippen LogP contribution in [0.4, 0.5) is 18.9 Å². The van der Waals surface area contributed by atoms with Crippen LogP contribution < -0.4 is 10.1 Å². The van der Waals surface area contributed by atoms with Crippen LogP contribution in [0, 0.1) is 0 Å². The molecule has 21 heavy (non-hydrogen) atoms. The summed E-state index contributed by atoms with van der Waals surface area (Å²) < 4.78 is 45.0. The van der Waals surface area contributed by atoms with Gasteiger partial charge in [0, 0.05) is 5.69 Å². The summed E-state index contributed by atoms with van der Waals surface area (Å²) in [4.78, 5) is 11.8. The van der Waals surface area contributed by atoms with Crippen molar-refractivity contribution < 1.29 is 27.1 Å². The van der Waals surface area contributed by atoms with Crippen molar-refractivity contribution in [2.24, 2.45) is 0 Å². The Morgan fingerprint density at radius 2 is 2.05 bits per heavy atom. The van der Waals surface area contributed by atoms with Gasteiger partial charge in [-0.05, 0) is 51.8 Å². The number of carbonyl (C=O) groups excluding carboxylic acids is 1. The maximum Gasteiger partial charge on any atom is 0.573 e. The lowest BCUT2D eigenvalue weighted by atomic mass is 10.2. The van der Waals surface area contributed by atoms with Gasteiger partial charge in [0.1, 0.15) is 5.75 Å². The number of amides is 1. The van der Waals surface area contributed by atoms with Gasteiger partial charge in [0.15, 0.2) is 0 Å². The molecule has 0 saturated carbocycles. The first-order chi connectivity index (χ1) is 9.76. The second kappa shape index (κ2) is 5.98. The van der Waals surface area contributed by atoms with Crippen molar-refractivity contribution in [3.63, 3.8) is 0 Å². The van der Waals surface area contributed by atoms with Crippen molar-refractivity contribution in [2.45, 2.75) is 6.36 Å². The van der Waals surface area contributed by atoms with Crippen molar-refractivity contribution in [3.8, 4) is 5.75 Å². The molecule has 1 aromatic carbocycles. The Hall–Kier alpha value is -1.67. The summed E-state index contributed by atoms with van der Waals surface area (Å²) in [5.74, 6) is -0.966. The molecule has 1 heterocycles. The van der Waals surface area contributed by atoms with Gasteiger partial charge in [-0.2, -0.15) is 0 Å². The molecule has 4 nitrogen and oxygen atoms in total. The van der Waals surface area contributed by atoms with E-state index in [0.717, 1.165) is 6.07 Å². The van der Waals surface area contributed by atoms with Crippen LogP contribution in [0.5, 0.6) is 5.75 Å². The molecule has 0 fully saturated rings. The maximum absolute atomic E-state index is 12.1. The van der Waals surface area contributed by atoms with Gasteiger partial charge >= 0.3 is 6.36 Å². The zero-order valence-corrected chi connectivity index (χ0v) is 12.3. The summed E-state index contributed by atoms with van der Waals surface area (Å²) in [6, 6.07) is 4.97.